The summed E-state index contributed by atoms with van der Waals surface area (Å²) in [5.74, 6) is -1.21. The van der Waals surface area contributed by atoms with Crippen LogP contribution in [0.15, 0.2) is 54.6 Å². The SMILES string of the molecule is CCCCOc1ccc(C(=O)OCC(=O)NC(=O)c2ccccc2)cc1. The molecule has 0 heterocycles. The van der Waals surface area contributed by atoms with Crippen LogP contribution in [-0.2, 0) is 9.53 Å². The number of amides is 2. The first-order chi connectivity index (χ1) is 12.6. The number of benzene rings is 2. The smallest absolute Gasteiger partial charge is 0.338 e. The Morgan fingerprint density at radius 3 is 2.27 bits per heavy atom. The second kappa shape index (κ2) is 9.98. The molecule has 1 N–H and O–H groups in total. The van der Waals surface area contributed by atoms with Gasteiger partial charge in [-0.2, -0.15) is 0 Å². The van der Waals surface area contributed by atoms with E-state index in [1.54, 1.807) is 54.6 Å². The van der Waals surface area contributed by atoms with E-state index < -0.39 is 24.4 Å². The molecule has 0 unspecified atom stereocenters. The molecule has 0 saturated carbocycles. The van der Waals surface area contributed by atoms with Crippen LogP contribution in [-0.4, -0.2) is 31.0 Å². The highest BCUT2D eigenvalue weighted by molar-refractivity contribution is 6.05. The van der Waals surface area contributed by atoms with E-state index in [0.717, 1.165) is 12.8 Å². The maximum Gasteiger partial charge on any atom is 0.338 e. The summed E-state index contributed by atoms with van der Waals surface area (Å²) in [5.41, 5.74) is 0.654. The number of unbranched alkanes of at least 4 members (excludes halogenated alkanes) is 1. The molecule has 136 valence electrons. The molecule has 0 atom stereocenters. The van der Waals surface area contributed by atoms with Crippen molar-refractivity contribution in [2.24, 2.45) is 0 Å². The van der Waals surface area contributed by atoms with E-state index in [1.807, 2.05) is 0 Å². The average molecular weight is 355 g/mol. The third-order valence-electron chi connectivity index (χ3n) is 3.48. The van der Waals surface area contributed by atoms with Crippen LogP contribution < -0.4 is 10.1 Å². The van der Waals surface area contributed by atoms with Gasteiger partial charge in [-0.05, 0) is 42.8 Å². The minimum absolute atomic E-state index is 0.301. The van der Waals surface area contributed by atoms with E-state index in [0.29, 0.717) is 23.5 Å². The first-order valence-electron chi connectivity index (χ1n) is 8.39. The number of hydrogen-bond donors (Lipinski definition) is 1. The Morgan fingerprint density at radius 1 is 0.923 bits per heavy atom. The van der Waals surface area contributed by atoms with Crippen molar-refractivity contribution in [2.45, 2.75) is 19.8 Å². The maximum atomic E-state index is 11.9. The molecule has 0 spiro atoms. The van der Waals surface area contributed by atoms with E-state index in [1.165, 1.54) is 0 Å². The van der Waals surface area contributed by atoms with Crippen LogP contribution in [0.25, 0.3) is 0 Å². The number of carbonyl (C=O) groups is 3. The number of rotatable bonds is 8. The predicted octanol–water partition coefficient (Wildman–Crippen LogP) is 2.98. The Bertz CT molecular complexity index is 741. The van der Waals surface area contributed by atoms with Crippen molar-refractivity contribution >= 4 is 17.8 Å². The zero-order chi connectivity index (χ0) is 18.8. The normalized spacial score (nSPS) is 10.0. The van der Waals surface area contributed by atoms with Gasteiger partial charge >= 0.3 is 5.97 Å². The van der Waals surface area contributed by atoms with Crippen LogP contribution in [0.1, 0.15) is 40.5 Å². The molecule has 0 fully saturated rings. The highest BCUT2D eigenvalue weighted by atomic mass is 16.5. The molecule has 0 aliphatic rings. The van der Waals surface area contributed by atoms with E-state index in [2.05, 4.69) is 12.2 Å². The van der Waals surface area contributed by atoms with Gasteiger partial charge in [0.2, 0.25) is 0 Å². The summed E-state index contributed by atoms with van der Waals surface area (Å²) in [4.78, 5) is 35.5. The van der Waals surface area contributed by atoms with Gasteiger partial charge in [-0.3, -0.25) is 14.9 Å². The van der Waals surface area contributed by atoms with Crippen LogP contribution >= 0.6 is 0 Å². The molecule has 26 heavy (non-hydrogen) atoms. The van der Waals surface area contributed by atoms with Crippen molar-refractivity contribution in [2.75, 3.05) is 13.2 Å². The summed E-state index contributed by atoms with van der Waals surface area (Å²) in [6.45, 7) is 2.16. The molecule has 2 aromatic carbocycles. The fourth-order valence-corrected chi connectivity index (χ4v) is 2.06. The zero-order valence-electron chi connectivity index (χ0n) is 14.6. The Morgan fingerprint density at radius 2 is 1.62 bits per heavy atom. The van der Waals surface area contributed by atoms with E-state index in [-0.39, 0.29) is 0 Å². The Kier molecular flexibility index (Phi) is 7.36. The number of hydrogen-bond acceptors (Lipinski definition) is 5. The minimum atomic E-state index is -0.688. The molecule has 0 bridgehead atoms. The number of esters is 1. The third-order valence-corrected chi connectivity index (χ3v) is 3.48. The van der Waals surface area contributed by atoms with Gasteiger partial charge in [0.1, 0.15) is 5.75 Å². The molecule has 0 aromatic heterocycles. The van der Waals surface area contributed by atoms with Crippen molar-refractivity contribution in [3.63, 3.8) is 0 Å². The first kappa shape index (κ1) is 19.2. The molecule has 0 aliphatic carbocycles. The van der Waals surface area contributed by atoms with Crippen LogP contribution in [0.2, 0.25) is 0 Å². The van der Waals surface area contributed by atoms with Crippen LogP contribution in [0.5, 0.6) is 5.75 Å². The summed E-state index contributed by atoms with van der Waals surface area (Å²) in [6, 6.07) is 14.8. The van der Waals surface area contributed by atoms with Gasteiger partial charge in [0.25, 0.3) is 11.8 Å². The molecular formula is C20H21NO5. The molecule has 0 saturated heterocycles. The highest BCUT2D eigenvalue weighted by Gasteiger charge is 2.13. The minimum Gasteiger partial charge on any atom is -0.494 e. The quantitative estimate of drug-likeness (QED) is 0.581. The van der Waals surface area contributed by atoms with Crippen molar-refractivity contribution in [3.05, 3.63) is 65.7 Å². The lowest BCUT2D eigenvalue weighted by atomic mass is 10.2. The first-order valence-corrected chi connectivity index (χ1v) is 8.39. The molecule has 2 amide bonds. The number of ether oxygens (including phenoxy) is 2. The molecule has 6 heteroatoms. The van der Waals surface area contributed by atoms with Crippen molar-refractivity contribution in [1.82, 2.24) is 5.32 Å². The summed E-state index contributed by atoms with van der Waals surface area (Å²) >= 11 is 0. The maximum absolute atomic E-state index is 11.9. The number of imide groups is 1. The second-order valence-corrected chi connectivity index (χ2v) is 5.55. The monoisotopic (exact) mass is 355 g/mol. The van der Waals surface area contributed by atoms with Crippen molar-refractivity contribution < 1.29 is 23.9 Å². The third kappa shape index (κ3) is 6.05. The Balaban J connectivity index is 1.78. The lowest BCUT2D eigenvalue weighted by Gasteiger charge is -2.07. The standard InChI is InChI=1S/C20H21NO5/c1-2-3-13-25-17-11-9-16(10-12-17)20(24)26-14-18(22)21-19(23)15-7-5-4-6-8-15/h4-12H,2-3,13-14H2,1H3,(H,21,22,23). The zero-order valence-corrected chi connectivity index (χ0v) is 14.6. The number of nitrogens with one attached hydrogen (secondary N) is 1. The van der Waals surface area contributed by atoms with Gasteiger partial charge in [-0.15, -0.1) is 0 Å². The van der Waals surface area contributed by atoms with Crippen LogP contribution in [0.4, 0.5) is 0 Å². The largest absolute Gasteiger partial charge is 0.494 e. The fraction of sp³-hybridized carbons (Fsp3) is 0.250. The average Bonchev–Trinajstić information content (AvgIpc) is 2.67. The van der Waals surface area contributed by atoms with Gasteiger partial charge in [-0.25, -0.2) is 4.79 Å². The van der Waals surface area contributed by atoms with Gasteiger partial charge < -0.3 is 9.47 Å². The van der Waals surface area contributed by atoms with Gasteiger partial charge in [0, 0.05) is 5.56 Å². The molecule has 2 aromatic rings. The van der Waals surface area contributed by atoms with E-state index in [9.17, 15) is 14.4 Å². The fourth-order valence-electron chi connectivity index (χ4n) is 2.06. The summed E-state index contributed by atoms with van der Waals surface area (Å²) in [7, 11) is 0. The summed E-state index contributed by atoms with van der Waals surface area (Å²) < 4.78 is 10.4. The predicted molar refractivity (Wildman–Crippen MR) is 96.0 cm³/mol. The highest BCUT2D eigenvalue weighted by Crippen LogP contribution is 2.13. The van der Waals surface area contributed by atoms with Gasteiger partial charge in [0.15, 0.2) is 6.61 Å². The van der Waals surface area contributed by atoms with E-state index >= 15 is 0 Å². The van der Waals surface area contributed by atoms with Gasteiger partial charge in [0.05, 0.1) is 12.2 Å². The van der Waals surface area contributed by atoms with Crippen LogP contribution in [0, 0.1) is 0 Å². The lowest BCUT2D eigenvalue weighted by Crippen LogP contribution is -2.34. The lowest BCUT2D eigenvalue weighted by molar-refractivity contribution is -0.123. The molecule has 0 aliphatic heterocycles. The van der Waals surface area contributed by atoms with E-state index in [4.69, 9.17) is 9.47 Å². The van der Waals surface area contributed by atoms with Gasteiger partial charge in [-0.1, -0.05) is 31.5 Å². The number of carbonyl (C=O) groups excluding carboxylic acids is 3. The molecule has 2 rings (SSSR count). The van der Waals surface area contributed by atoms with Crippen molar-refractivity contribution in [3.8, 4) is 5.75 Å². The van der Waals surface area contributed by atoms with Crippen molar-refractivity contribution in [1.29, 1.82) is 0 Å². The molecule has 0 radical (unpaired) electrons. The second-order valence-electron chi connectivity index (χ2n) is 5.55. The Labute approximate surface area is 152 Å². The molecular weight excluding hydrogens is 334 g/mol. The molecule has 6 nitrogen and oxygen atoms in total. The topological polar surface area (TPSA) is 81.7 Å². The Hall–Kier alpha value is -3.15. The summed E-state index contributed by atoms with van der Waals surface area (Å²) in [5, 5.41) is 2.17. The summed E-state index contributed by atoms with van der Waals surface area (Å²) in [6.07, 6.45) is 2.00. The van der Waals surface area contributed by atoms with Crippen LogP contribution in [0.3, 0.4) is 0 Å².